The molecule has 2 aromatic rings. The fraction of sp³-hybridized carbons (Fsp3) is 0.222. The number of carbonyl (C=O) groups is 2. The molecule has 7 nitrogen and oxygen atoms in total. The molecule has 0 radical (unpaired) electrons. The number of anilines is 1. The van der Waals surface area contributed by atoms with Gasteiger partial charge in [-0.05, 0) is 49.4 Å². The Hall–Kier alpha value is -3.22. The van der Waals surface area contributed by atoms with E-state index in [2.05, 4.69) is 5.32 Å². The van der Waals surface area contributed by atoms with E-state index in [1.807, 2.05) is 6.92 Å². The van der Waals surface area contributed by atoms with E-state index in [0.29, 0.717) is 12.3 Å². The van der Waals surface area contributed by atoms with Gasteiger partial charge in [0.25, 0.3) is 5.91 Å². The minimum absolute atomic E-state index is 0.0723. The Bertz CT molecular complexity index is 742. The third-order valence-electron chi connectivity index (χ3n) is 3.22. The first-order valence-corrected chi connectivity index (χ1v) is 7.60. The van der Waals surface area contributed by atoms with Gasteiger partial charge in [-0.3, -0.25) is 4.79 Å². The maximum absolute atomic E-state index is 12.0. The molecule has 0 saturated heterocycles. The number of hydrogen-bond donors (Lipinski definition) is 2. The summed E-state index contributed by atoms with van der Waals surface area (Å²) >= 11 is 0. The first-order valence-electron chi connectivity index (χ1n) is 7.60. The molecule has 0 aromatic heterocycles. The molecular weight excluding hydrogens is 326 g/mol. The van der Waals surface area contributed by atoms with E-state index in [-0.39, 0.29) is 29.6 Å². The van der Waals surface area contributed by atoms with Crippen LogP contribution in [0.1, 0.15) is 17.3 Å². The van der Waals surface area contributed by atoms with Crippen molar-refractivity contribution in [2.45, 2.75) is 6.92 Å². The highest BCUT2D eigenvalue weighted by atomic mass is 16.5. The summed E-state index contributed by atoms with van der Waals surface area (Å²) in [7, 11) is 1.40. The molecule has 2 rings (SSSR count). The monoisotopic (exact) mass is 345 g/mol. The summed E-state index contributed by atoms with van der Waals surface area (Å²) in [6, 6.07) is 11.1. The SMILES string of the molecule is CCOc1ccc(NC(=O)COc2ccc(C(=O)O)cc2OC)cc1. The van der Waals surface area contributed by atoms with Crippen LogP contribution in [0.4, 0.5) is 5.69 Å². The van der Waals surface area contributed by atoms with Crippen LogP contribution in [0.2, 0.25) is 0 Å². The largest absolute Gasteiger partial charge is 0.494 e. The quantitative estimate of drug-likeness (QED) is 0.764. The molecule has 2 aromatic carbocycles. The summed E-state index contributed by atoms with van der Waals surface area (Å²) < 4.78 is 15.8. The molecule has 0 unspecified atom stereocenters. The standard InChI is InChI=1S/C18H19NO6/c1-3-24-14-7-5-13(6-8-14)19-17(20)11-25-15-9-4-12(18(21)22)10-16(15)23-2/h4-10H,3,11H2,1-2H3,(H,19,20)(H,21,22). The van der Waals surface area contributed by atoms with Gasteiger partial charge in [0.05, 0.1) is 19.3 Å². The summed E-state index contributed by atoms with van der Waals surface area (Å²) in [5, 5.41) is 11.7. The molecule has 0 bridgehead atoms. The predicted octanol–water partition coefficient (Wildman–Crippen LogP) is 2.81. The topological polar surface area (TPSA) is 94.1 Å². The number of ether oxygens (including phenoxy) is 3. The van der Waals surface area contributed by atoms with E-state index in [1.165, 1.54) is 25.3 Å². The lowest BCUT2D eigenvalue weighted by atomic mass is 10.2. The highest BCUT2D eigenvalue weighted by molar-refractivity contribution is 5.92. The number of rotatable bonds is 8. The molecule has 0 saturated carbocycles. The van der Waals surface area contributed by atoms with Gasteiger partial charge in [-0.2, -0.15) is 0 Å². The smallest absolute Gasteiger partial charge is 0.335 e. The minimum atomic E-state index is -1.07. The molecule has 0 aliphatic carbocycles. The zero-order chi connectivity index (χ0) is 18.2. The molecule has 0 aliphatic rings. The maximum Gasteiger partial charge on any atom is 0.335 e. The first-order chi connectivity index (χ1) is 12.0. The van der Waals surface area contributed by atoms with Gasteiger partial charge in [-0.1, -0.05) is 0 Å². The number of aromatic carboxylic acids is 1. The Morgan fingerprint density at radius 2 is 1.76 bits per heavy atom. The molecule has 0 heterocycles. The Labute approximate surface area is 145 Å². The van der Waals surface area contributed by atoms with Gasteiger partial charge in [-0.15, -0.1) is 0 Å². The van der Waals surface area contributed by atoms with Crippen LogP contribution in [0.15, 0.2) is 42.5 Å². The van der Waals surface area contributed by atoms with Crippen molar-refractivity contribution < 1.29 is 28.9 Å². The summed E-state index contributed by atoms with van der Waals surface area (Å²) in [6.07, 6.45) is 0. The highest BCUT2D eigenvalue weighted by Gasteiger charge is 2.11. The Balaban J connectivity index is 1.94. The normalized spacial score (nSPS) is 10.0. The van der Waals surface area contributed by atoms with Gasteiger partial charge in [0.1, 0.15) is 5.75 Å². The van der Waals surface area contributed by atoms with Gasteiger partial charge in [0, 0.05) is 5.69 Å². The van der Waals surface area contributed by atoms with Gasteiger partial charge >= 0.3 is 5.97 Å². The lowest BCUT2D eigenvalue weighted by Gasteiger charge is -2.11. The lowest BCUT2D eigenvalue weighted by molar-refractivity contribution is -0.118. The summed E-state index contributed by atoms with van der Waals surface area (Å²) in [6.45, 7) is 2.22. The zero-order valence-electron chi connectivity index (χ0n) is 13.9. The van der Waals surface area contributed by atoms with Crippen LogP contribution in [-0.2, 0) is 4.79 Å². The Morgan fingerprint density at radius 1 is 1.04 bits per heavy atom. The second kappa shape index (κ2) is 8.58. The van der Waals surface area contributed by atoms with E-state index < -0.39 is 5.97 Å². The van der Waals surface area contributed by atoms with Crippen molar-refractivity contribution in [2.75, 3.05) is 25.6 Å². The number of carbonyl (C=O) groups excluding carboxylic acids is 1. The molecule has 7 heteroatoms. The number of methoxy groups -OCH3 is 1. The molecule has 25 heavy (non-hydrogen) atoms. The summed E-state index contributed by atoms with van der Waals surface area (Å²) in [4.78, 5) is 22.9. The van der Waals surface area contributed by atoms with E-state index in [1.54, 1.807) is 24.3 Å². The van der Waals surface area contributed by atoms with Crippen molar-refractivity contribution in [3.05, 3.63) is 48.0 Å². The summed E-state index contributed by atoms with van der Waals surface area (Å²) in [5.41, 5.74) is 0.688. The van der Waals surface area contributed by atoms with Crippen molar-refractivity contribution in [1.82, 2.24) is 0 Å². The molecule has 0 fully saturated rings. The van der Waals surface area contributed by atoms with E-state index in [9.17, 15) is 9.59 Å². The fourth-order valence-electron chi connectivity index (χ4n) is 2.06. The van der Waals surface area contributed by atoms with E-state index in [0.717, 1.165) is 5.75 Å². The third-order valence-corrected chi connectivity index (χ3v) is 3.22. The Kier molecular flexibility index (Phi) is 6.22. The maximum atomic E-state index is 12.0. The van der Waals surface area contributed by atoms with Gasteiger partial charge < -0.3 is 24.6 Å². The van der Waals surface area contributed by atoms with Crippen LogP contribution in [0, 0.1) is 0 Å². The van der Waals surface area contributed by atoms with E-state index >= 15 is 0 Å². The number of nitrogens with one attached hydrogen (secondary N) is 1. The number of hydrogen-bond acceptors (Lipinski definition) is 5. The number of carboxylic acids is 1. The second-order valence-corrected chi connectivity index (χ2v) is 4.97. The van der Waals surface area contributed by atoms with Gasteiger partial charge in [0.2, 0.25) is 0 Å². The third kappa shape index (κ3) is 5.13. The van der Waals surface area contributed by atoms with Crippen LogP contribution >= 0.6 is 0 Å². The average molecular weight is 345 g/mol. The molecule has 0 spiro atoms. The molecule has 2 N–H and O–H groups in total. The zero-order valence-corrected chi connectivity index (χ0v) is 13.9. The van der Waals surface area contributed by atoms with Crippen LogP contribution in [-0.4, -0.2) is 37.3 Å². The second-order valence-electron chi connectivity index (χ2n) is 4.97. The molecule has 0 atom stereocenters. The van der Waals surface area contributed by atoms with Crippen molar-refractivity contribution in [2.24, 2.45) is 0 Å². The van der Waals surface area contributed by atoms with Crippen molar-refractivity contribution >= 4 is 17.6 Å². The van der Waals surface area contributed by atoms with Crippen LogP contribution in [0.25, 0.3) is 0 Å². The molecule has 132 valence electrons. The average Bonchev–Trinajstić information content (AvgIpc) is 2.61. The van der Waals surface area contributed by atoms with Crippen LogP contribution in [0.5, 0.6) is 17.2 Å². The number of amides is 1. The first kappa shape index (κ1) is 18.1. The lowest BCUT2D eigenvalue weighted by Crippen LogP contribution is -2.20. The number of benzene rings is 2. The van der Waals surface area contributed by atoms with Crippen LogP contribution in [0.3, 0.4) is 0 Å². The fourth-order valence-corrected chi connectivity index (χ4v) is 2.06. The summed E-state index contributed by atoms with van der Waals surface area (Å²) in [5.74, 6) is -0.172. The minimum Gasteiger partial charge on any atom is -0.494 e. The molecule has 1 amide bonds. The molecule has 0 aliphatic heterocycles. The van der Waals surface area contributed by atoms with Gasteiger partial charge in [-0.25, -0.2) is 4.79 Å². The Morgan fingerprint density at radius 3 is 2.36 bits per heavy atom. The predicted molar refractivity (Wildman–Crippen MR) is 91.7 cm³/mol. The van der Waals surface area contributed by atoms with Crippen LogP contribution < -0.4 is 19.5 Å². The van der Waals surface area contributed by atoms with E-state index in [4.69, 9.17) is 19.3 Å². The van der Waals surface area contributed by atoms with Gasteiger partial charge in [0.15, 0.2) is 18.1 Å². The number of carboxylic acid groups (broad SMARTS) is 1. The van der Waals surface area contributed by atoms with Crippen molar-refractivity contribution in [1.29, 1.82) is 0 Å². The van der Waals surface area contributed by atoms with Crippen molar-refractivity contribution in [3.8, 4) is 17.2 Å². The van der Waals surface area contributed by atoms with Crippen molar-refractivity contribution in [3.63, 3.8) is 0 Å². The highest BCUT2D eigenvalue weighted by Crippen LogP contribution is 2.28. The molecular formula is C18H19NO6.